The van der Waals surface area contributed by atoms with Gasteiger partial charge in [0, 0.05) is 49.2 Å². The Morgan fingerprint density at radius 3 is 2.47 bits per heavy atom. The Morgan fingerprint density at radius 1 is 1.00 bits per heavy atom. The van der Waals surface area contributed by atoms with E-state index in [9.17, 15) is 4.79 Å². The van der Waals surface area contributed by atoms with E-state index in [1.54, 1.807) is 18.1 Å². The summed E-state index contributed by atoms with van der Waals surface area (Å²) < 4.78 is 15.0. The lowest BCUT2D eigenvalue weighted by atomic mass is 9.93. The number of aromatic nitrogens is 1. The Bertz CT molecular complexity index is 912. The van der Waals surface area contributed by atoms with Crippen molar-refractivity contribution in [2.24, 2.45) is 0 Å². The maximum atomic E-state index is 15.0. The predicted molar refractivity (Wildman–Crippen MR) is 130 cm³/mol. The number of nitrogens with one attached hydrogen (secondary N) is 1. The number of unbranched alkanes of at least 4 members (excludes halogenated alkanes) is 7. The van der Waals surface area contributed by atoms with Crippen LogP contribution in [0.4, 0.5) is 10.1 Å². The lowest BCUT2D eigenvalue weighted by molar-refractivity contribution is -0.118. The Hall–Kier alpha value is -2.27. The van der Waals surface area contributed by atoms with Gasteiger partial charge in [-0.2, -0.15) is 0 Å². The lowest BCUT2D eigenvalue weighted by Crippen LogP contribution is -2.31. The molecule has 1 amide bonds. The Balaban J connectivity index is 1.56. The van der Waals surface area contributed by atoms with Crippen LogP contribution < -0.4 is 10.2 Å². The molecule has 0 unspecified atom stereocenters. The van der Waals surface area contributed by atoms with Crippen LogP contribution in [0.25, 0.3) is 11.1 Å². The third kappa shape index (κ3) is 6.16. The second kappa shape index (κ2) is 12.1. The van der Waals surface area contributed by atoms with E-state index in [-0.39, 0.29) is 11.7 Å². The van der Waals surface area contributed by atoms with E-state index < -0.39 is 0 Å². The first-order valence-electron chi connectivity index (χ1n) is 12.3. The SMILES string of the molecule is CCCCCCCCCCNCc1cncc(-c2cc3c(cc2F)N(C)C(=O)CC3)c1C. The first kappa shape index (κ1) is 24.4. The summed E-state index contributed by atoms with van der Waals surface area (Å²) in [5, 5.41) is 3.53. The van der Waals surface area contributed by atoms with Crippen molar-refractivity contribution < 1.29 is 9.18 Å². The van der Waals surface area contributed by atoms with Crippen molar-refractivity contribution in [3.63, 3.8) is 0 Å². The van der Waals surface area contributed by atoms with Gasteiger partial charge in [0.1, 0.15) is 5.82 Å². The molecule has 1 aliphatic heterocycles. The highest BCUT2D eigenvalue weighted by Gasteiger charge is 2.23. The van der Waals surface area contributed by atoms with Gasteiger partial charge in [0.2, 0.25) is 5.91 Å². The zero-order chi connectivity index (χ0) is 22.9. The molecule has 1 aromatic heterocycles. The Labute approximate surface area is 192 Å². The number of hydrogen-bond acceptors (Lipinski definition) is 3. The van der Waals surface area contributed by atoms with Gasteiger partial charge < -0.3 is 10.2 Å². The molecule has 0 atom stereocenters. The summed E-state index contributed by atoms with van der Waals surface area (Å²) in [6, 6.07) is 3.39. The molecule has 174 valence electrons. The number of nitrogens with zero attached hydrogens (tertiary/aromatic N) is 2. The summed E-state index contributed by atoms with van der Waals surface area (Å²) in [5.41, 5.74) is 5.25. The van der Waals surface area contributed by atoms with Crippen LogP contribution >= 0.6 is 0 Å². The molecule has 0 radical (unpaired) electrons. The van der Waals surface area contributed by atoms with E-state index in [4.69, 9.17) is 0 Å². The van der Waals surface area contributed by atoms with Crippen molar-refractivity contribution >= 4 is 11.6 Å². The molecule has 1 aliphatic rings. The first-order chi connectivity index (χ1) is 15.5. The third-order valence-electron chi connectivity index (χ3n) is 6.64. The maximum absolute atomic E-state index is 15.0. The quantitative estimate of drug-likeness (QED) is 0.393. The Morgan fingerprint density at radius 2 is 1.72 bits per heavy atom. The van der Waals surface area contributed by atoms with Crippen LogP contribution in [0, 0.1) is 12.7 Å². The fourth-order valence-electron chi connectivity index (χ4n) is 4.50. The molecular formula is C27H38FN3O. The summed E-state index contributed by atoms with van der Waals surface area (Å²) in [4.78, 5) is 17.9. The molecule has 3 rings (SSSR count). The molecule has 32 heavy (non-hydrogen) atoms. The summed E-state index contributed by atoms with van der Waals surface area (Å²) in [6.45, 7) is 6.03. The molecule has 4 nitrogen and oxygen atoms in total. The standard InChI is InChI=1S/C27H38FN3O/c1-4-5-6-7-8-9-10-11-14-29-17-22-18-30-19-24(20(22)2)23-15-21-12-13-27(32)31(3)26(21)16-25(23)28/h15-16,18-19,29H,4-14,17H2,1-3H3. The summed E-state index contributed by atoms with van der Waals surface area (Å²) >= 11 is 0. The van der Waals surface area contributed by atoms with Crippen molar-refractivity contribution in [2.75, 3.05) is 18.5 Å². The van der Waals surface area contributed by atoms with Gasteiger partial charge >= 0.3 is 0 Å². The number of pyridine rings is 1. The number of carbonyl (C=O) groups excluding carboxylic acids is 1. The molecule has 0 spiro atoms. The van der Waals surface area contributed by atoms with Crippen LogP contribution in [0.15, 0.2) is 24.5 Å². The van der Waals surface area contributed by atoms with Gasteiger partial charge in [0.25, 0.3) is 0 Å². The molecule has 0 aliphatic carbocycles. The monoisotopic (exact) mass is 439 g/mol. The number of amides is 1. The zero-order valence-electron chi connectivity index (χ0n) is 20.0. The largest absolute Gasteiger partial charge is 0.315 e. The fraction of sp³-hybridized carbons (Fsp3) is 0.556. The van der Waals surface area contributed by atoms with Crippen LogP contribution in [0.3, 0.4) is 0 Å². The molecule has 5 heteroatoms. The summed E-state index contributed by atoms with van der Waals surface area (Å²) in [7, 11) is 1.71. The van der Waals surface area contributed by atoms with Crippen LogP contribution in [-0.2, 0) is 17.8 Å². The highest BCUT2D eigenvalue weighted by atomic mass is 19.1. The normalized spacial score (nSPS) is 13.5. The summed E-state index contributed by atoms with van der Waals surface area (Å²) in [5.74, 6) is -0.272. The fourth-order valence-corrected chi connectivity index (χ4v) is 4.50. The van der Waals surface area contributed by atoms with E-state index in [0.717, 1.165) is 35.3 Å². The molecular weight excluding hydrogens is 401 g/mol. The summed E-state index contributed by atoms with van der Waals surface area (Å²) in [6.07, 6.45) is 15.3. The smallest absolute Gasteiger partial charge is 0.227 e. The first-order valence-corrected chi connectivity index (χ1v) is 12.3. The number of fused-ring (bicyclic) bond motifs is 1. The van der Waals surface area contributed by atoms with E-state index >= 15 is 4.39 Å². The van der Waals surface area contributed by atoms with E-state index in [1.807, 2.05) is 19.2 Å². The molecule has 1 aromatic carbocycles. The molecule has 2 heterocycles. The van der Waals surface area contributed by atoms with Gasteiger partial charge in [-0.1, -0.05) is 51.9 Å². The minimum Gasteiger partial charge on any atom is -0.315 e. The van der Waals surface area contributed by atoms with E-state index in [0.29, 0.717) is 24.1 Å². The minimum atomic E-state index is -0.306. The number of aryl methyl sites for hydroxylation is 1. The average Bonchev–Trinajstić information content (AvgIpc) is 2.79. The average molecular weight is 440 g/mol. The van der Waals surface area contributed by atoms with Gasteiger partial charge in [-0.25, -0.2) is 4.39 Å². The number of carbonyl (C=O) groups is 1. The van der Waals surface area contributed by atoms with Gasteiger partial charge in [-0.15, -0.1) is 0 Å². The van der Waals surface area contributed by atoms with Crippen LogP contribution in [0.2, 0.25) is 0 Å². The van der Waals surface area contributed by atoms with Crippen molar-refractivity contribution in [2.45, 2.75) is 84.6 Å². The van der Waals surface area contributed by atoms with Crippen molar-refractivity contribution in [1.29, 1.82) is 0 Å². The van der Waals surface area contributed by atoms with Gasteiger partial charge in [-0.05, 0) is 55.1 Å². The van der Waals surface area contributed by atoms with Gasteiger partial charge in [0.05, 0.1) is 0 Å². The lowest BCUT2D eigenvalue weighted by Gasteiger charge is -2.26. The zero-order valence-corrected chi connectivity index (χ0v) is 20.0. The molecule has 0 saturated carbocycles. The molecule has 2 aromatic rings. The number of hydrogen-bond donors (Lipinski definition) is 1. The van der Waals surface area contributed by atoms with Crippen LogP contribution in [0.1, 0.15) is 81.4 Å². The van der Waals surface area contributed by atoms with Crippen molar-refractivity contribution in [3.8, 4) is 11.1 Å². The van der Waals surface area contributed by atoms with Crippen LogP contribution in [-0.4, -0.2) is 24.5 Å². The number of halogens is 1. The van der Waals surface area contributed by atoms with Crippen molar-refractivity contribution in [3.05, 3.63) is 47.0 Å². The maximum Gasteiger partial charge on any atom is 0.227 e. The van der Waals surface area contributed by atoms with Gasteiger partial charge in [0.15, 0.2) is 0 Å². The predicted octanol–water partition coefficient (Wildman–Crippen LogP) is 6.34. The highest BCUT2D eigenvalue weighted by Crippen LogP contribution is 2.35. The van der Waals surface area contributed by atoms with E-state index in [2.05, 4.69) is 17.2 Å². The number of anilines is 1. The minimum absolute atomic E-state index is 0.0343. The second-order valence-corrected chi connectivity index (χ2v) is 9.04. The number of benzene rings is 1. The number of rotatable bonds is 12. The molecule has 0 bridgehead atoms. The van der Waals surface area contributed by atoms with Crippen LogP contribution in [0.5, 0.6) is 0 Å². The third-order valence-corrected chi connectivity index (χ3v) is 6.64. The van der Waals surface area contributed by atoms with E-state index in [1.165, 1.54) is 57.4 Å². The Kier molecular flexibility index (Phi) is 9.22. The highest BCUT2D eigenvalue weighted by molar-refractivity contribution is 5.96. The molecule has 1 N–H and O–H groups in total. The van der Waals surface area contributed by atoms with Gasteiger partial charge in [-0.3, -0.25) is 9.78 Å². The second-order valence-electron chi connectivity index (χ2n) is 9.04. The topological polar surface area (TPSA) is 45.2 Å². The molecule has 0 saturated heterocycles. The van der Waals surface area contributed by atoms with Crippen molar-refractivity contribution in [1.82, 2.24) is 10.3 Å². The molecule has 0 fully saturated rings.